The minimum atomic E-state index is -1.19. The summed E-state index contributed by atoms with van der Waals surface area (Å²) in [4.78, 5) is 19.0. The first-order valence-corrected chi connectivity index (χ1v) is 21.4. The second-order valence-electron chi connectivity index (χ2n) is 18.9. The molecule has 2 aromatic carbocycles. The Morgan fingerprint density at radius 1 is 0.983 bits per heavy atom. The number of nitrogens with zero attached hydrogens (tertiary/aromatic N) is 5. The van der Waals surface area contributed by atoms with Crippen LogP contribution in [0.2, 0.25) is 0 Å². The van der Waals surface area contributed by atoms with E-state index >= 15 is 8.78 Å². The van der Waals surface area contributed by atoms with E-state index in [0.29, 0.717) is 59.8 Å². The topological polar surface area (TPSA) is 123 Å². The third kappa shape index (κ3) is 6.16. The molecular weight excluding hydrogens is 745 g/mol. The summed E-state index contributed by atoms with van der Waals surface area (Å²) in [6.07, 6.45) is 11.4. The van der Waals surface area contributed by atoms with Crippen LogP contribution < -0.4 is 9.64 Å². The highest BCUT2D eigenvalue weighted by Gasteiger charge is 2.73. The number of hydrogen-bond acceptors (Lipinski definition) is 11. The van der Waals surface area contributed by atoms with Crippen LogP contribution in [0.4, 0.5) is 14.6 Å². The van der Waals surface area contributed by atoms with Crippen molar-refractivity contribution in [3.8, 4) is 23.0 Å². The molecule has 0 amide bonds. The third-order valence-corrected chi connectivity index (χ3v) is 14.7. The number of halogens is 2. The van der Waals surface area contributed by atoms with Crippen molar-refractivity contribution >= 4 is 27.5 Å². The fourth-order valence-electron chi connectivity index (χ4n) is 12.5. The number of pyridine rings is 1. The average molecular weight is 800 g/mol. The molecular formula is C45H55F2N5O6. The summed E-state index contributed by atoms with van der Waals surface area (Å²) >= 11 is 0. The fourth-order valence-corrected chi connectivity index (χ4v) is 12.5. The summed E-state index contributed by atoms with van der Waals surface area (Å²) < 4.78 is 57.6. The number of aryl methyl sites for hydroxylation is 1. The van der Waals surface area contributed by atoms with Crippen LogP contribution in [0.15, 0.2) is 30.5 Å². The van der Waals surface area contributed by atoms with Crippen molar-refractivity contribution in [2.45, 2.75) is 108 Å². The molecule has 2 N–H and O–H groups in total. The standard InChI is InChI=1S/C45H55F2N5O6/c1-4-30-33(46)9-8-28-19-29(53)20-31(35(28)30)37-36(47)38-32(21-48-37)39(52-15-18-56-26-41(2,54)24-52)50-40(49-38)57-27-43-10-5-7-34(43)51(14-6-11-43)25-44-22-42(3,23-44)58-45(44)12-16-55-17-13-45/h8-9,19-21,34,53-54H,4-7,10-18,22-27H2,1-3H3/t34-,41+,42?,43-,44?/m1/s1. The van der Waals surface area contributed by atoms with Gasteiger partial charge in [-0.15, -0.1) is 0 Å². The van der Waals surface area contributed by atoms with Crippen LogP contribution in [0.25, 0.3) is 32.9 Å². The van der Waals surface area contributed by atoms with Crippen LogP contribution in [-0.2, 0) is 20.6 Å². The van der Waals surface area contributed by atoms with Gasteiger partial charge in [-0.1, -0.05) is 19.4 Å². The summed E-state index contributed by atoms with van der Waals surface area (Å²) in [6.45, 7) is 10.9. The van der Waals surface area contributed by atoms with Gasteiger partial charge >= 0.3 is 6.01 Å². The summed E-state index contributed by atoms with van der Waals surface area (Å²) in [5.74, 6) is -0.825. The van der Waals surface area contributed by atoms with E-state index in [1.165, 1.54) is 18.3 Å². The molecule has 4 aromatic rings. The first kappa shape index (κ1) is 38.5. The first-order valence-electron chi connectivity index (χ1n) is 21.4. The molecule has 7 aliphatic rings. The molecule has 2 saturated carbocycles. The molecule has 5 aliphatic heterocycles. The summed E-state index contributed by atoms with van der Waals surface area (Å²) in [5, 5.41) is 23.4. The van der Waals surface area contributed by atoms with Gasteiger partial charge < -0.3 is 34.1 Å². The average Bonchev–Trinajstić information content (AvgIpc) is 3.73. The van der Waals surface area contributed by atoms with Crippen molar-refractivity contribution in [2.75, 3.05) is 64.1 Å². The van der Waals surface area contributed by atoms with Gasteiger partial charge in [0.2, 0.25) is 0 Å². The van der Waals surface area contributed by atoms with Crippen LogP contribution in [0, 0.1) is 22.5 Å². The monoisotopic (exact) mass is 799 g/mol. The molecule has 2 bridgehead atoms. The molecule has 0 radical (unpaired) electrons. The van der Waals surface area contributed by atoms with Crippen molar-refractivity contribution in [3.05, 3.63) is 47.7 Å². The zero-order chi connectivity index (χ0) is 40.1. The highest BCUT2D eigenvalue weighted by Crippen LogP contribution is 2.69. The van der Waals surface area contributed by atoms with Gasteiger partial charge in [0.15, 0.2) is 5.82 Å². The number of aromatic nitrogens is 3. The van der Waals surface area contributed by atoms with Gasteiger partial charge in [0.05, 0.1) is 43.0 Å². The number of phenols is 1. The lowest BCUT2D eigenvalue weighted by atomic mass is 9.54. The Balaban J connectivity index is 1.02. The molecule has 310 valence electrons. The van der Waals surface area contributed by atoms with E-state index in [4.69, 9.17) is 28.9 Å². The quantitative estimate of drug-likeness (QED) is 0.190. The van der Waals surface area contributed by atoms with Crippen LogP contribution in [-0.4, -0.2) is 112 Å². The van der Waals surface area contributed by atoms with E-state index in [1.807, 2.05) is 11.8 Å². The van der Waals surface area contributed by atoms with Crippen LogP contribution in [0.1, 0.15) is 84.1 Å². The molecule has 5 saturated heterocycles. The van der Waals surface area contributed by atoms with E-state index < -0.39 is 17.2 Å². The highest BCUT2D eigenvalue weighted by atomic mass is 19.1. The number of benzene rings is 2. The molecule has 7 fully saturated rings. The fraction of sp³-hybridized carbons (Fsp3) is 0.622. The van der Waals surface area contributed by atoms with Gasteiger partial charge in [0.25, 0.3) is 0 Å². The zero-order valence-electron chi connectivity index (χ0n) is 33.9. The van der Waals surface area contributed by atoms with Gasteiger partial charge in [-0.2, -0.15) is 9.97 Å². The number of aromatic hydroxyl groups is 1. The molecule has 7 heterocycles. The number of ether oxygens (including phenoxy) is 4. The van der Waals surface area contributed by atoms with Gasteiger partial charge in [0, 0.05) is 67.8 Å². The Morgan fingerprint density at radius 3 is 2.60 bits per heavy atom. The van der Waals surface area contributed by atoms with Gasteiger partial charge in [-0.25, -0.2) is 8.78 Å². The lowest BCUT2D eigenvalue weighted by molar-refractivity contribution is -0.123. The molecule has 0 unspecified atom stereocenters. The molecule has 1 spiro atoms. The predicted molar refractivity (Wildman–Crippen MR) is 215 cm³/mol. The summed E-state index contributed by atoms with van der Waals surface area (Å²) in [5.41, 5.74) is -0.666. The van der Waals surface area contributed by atoms with Crippen molar-refractivity contribution in [2.24, 2.45) is 10.8 Å². The van der Waals surface area contributed by atoms with Crippen LogP contribution >= 0.6 is 0 Å². The minimum absolute atomic E-state index is 0.00150. The van der Waals surface area contributed by atoms with Gasteiger partial charge in [-0.05, 0) is 99.9 Å². The van der Waals surface area contributed by atoms with Gasteiger partial charge in [0.1, 0.15) is 34.2 Å². The number of rotatable bonds is 8. The number of phenolic OH excluding ortho intramolecular Hbond substituents is 1. The van der Waals surface area contributed by atoms with Gasteiger partial charge in [-0.3, -0.25) is 9.88 Å². The maximum atomic E-state index is 17.3. The van der Waals surface area contributed by atoms with Crippen molar-refractivity contribution < 1.29 is 37.9 Å². The van der Waals surface area contributed by atoms with E-state index in [-0.39, 0.29) is 63.7 Å². The molecule has 2 aromatic heterocycles. The zero-order valence-corrected chi connectivity index (χ0v) is 33.9. The minimum Gasteiger partial charge on any atom is -0.508 e. The van der Waals surface area contributed by atoms with Crippen molar-refractivity contribution in [3.63, 3.8) is 0 Å². The SMILES string of the molecule is CCc1c(F)ccc2cc(O)cc(-c3ncc4c(N5CCOC[C@@](C)(O)C5)nc(OC[C@]56CCC[C@H]5N(CC57CC(C)(C5)OC75CCOCC5)CCC6)nc4c3F)c12. The number of fused-ring (bicyclic) bond motifs is 3. The molecule has 58 heavy (non-hydrogen) atoms. The number of hydrogen-bond donors (Lipinski definition) is 2. The Morgan fingerprint density at radius 2 is 1.79 bits per heavy atom. The second-order valence-corrected chi connectivity index (χ2v) is 18.9. The summed E-state index contributed by atoms with van der Waals surface area (Å²) in [7, 11) is 0. The molecule has 13 heteroatoms. The maximum absolute atomic E-state index is 17.3. The number of aliphatic hydroxyl groups is 1. The second kappa shape index (κ2) is 13.9. The number of anilines is 1. The number of likely N-dealkylation sites (tertiary alicyclic amines) is 1. The Hall–Kier alpha value is -3.75. The highest BCUT2D eigenvalue weighted by molar-refractivity contribution is 6.01. The lowest BCUT2D eigenvalue weighted by Gasteiger charge is -2.54. The normalized spacial score (nSPS) is 32.1. The van der Waals surface area contributed by atoms with E-state index in [1.54, 1.807) is 19.1 Å². The maximum Gasteiger partial charge on any atom is 0.319 e. The van der Waals surface area contributed by atoms with E-state index in [0.717, 1.165) is 84.1 Å². The Labute approximate surface area is 338 Å². The molecule has 3 atom stereocenters. The number of piperidine rings is 1. The lowest BCUT2D eigenvalue weighted by Crippen LogP contribution is -2.61. The molecule has 11 rings (SSSR count). The largest absolute Gasteiger partial charge is 0.508 e. The first-order chi connectivity index (χ1) is 27.9. The number of β-amino-alcohol motifs (C(OH)–C–C–N with tert-alkyl or cyclic N) is 1. The Bertz CT molecular complexity index is 2260. The van der Waals surface area contributed by atoms with Crippen LogP contribution in [0.5, 0.6) is 11.8 Å². The smallest absolute Gasteiger partial charge is 0.319 e. The van der Waals surface area contributed by atoms with E-state index in [9.17, 15) is 10.2 Å². The predicted octanol–water partition coefficient (Wildman–Crippen LogP) is 7.11. The van der Waals surface area contributed by atoms with Crippen LogP contribution in [0.3, 0.4) is 0 Å². The Kier molecular flexibility index (Phi) is 9.22. The summed E-state index contributed by atoms with van der Waals surface area (Å²) in [6, 6.07) is 6.33. The molecule has 11 nitrogen and oxygen atoms in total. The van der Waals surface area contributed by atoms with E-state index in [2.05, 4.69) is 16.8 Å². The van der Waals surface area contributed by atoms with Crippen molar-refractivity contribution in [1.82, 2.24) is 19.9 Å². The molecule has 2 aliphatic carbocycles. The third-order valence-electron chi connectivity index (χ3n) is 14.7. The van der Waals surface area contributed by atoms with Crippen molar-refractivity contribution in [1.29, 1.82) is 0 Å².